The first kappa shape index (κ1) is 19.3. The van der Waals surface area contributed by atoms with E-state index in [9.17, 15) is 23.3 Å². The number of hydrogen-bond acceptors (Lipinski definition) is 4. The number of rotatable bonds is 5. The minimum absolute atomic E-state index is 0.0307. The van der Waals surface area contributed by atoms with Crippen molar-refractivity contribution >= 4 is 38.9 Å². The average molecular weight is 440 g/mol. The maximum absolute atomic E-state index is 12.2. The molecule has 0 amide bonds. The number of nitrogens with one attached hydrogen (secondary N) is 1. The van der Waals surface area contributed by atoms with E-state index in [1.54, 1.807) is 13.0 Å². The lowest BCUT2D eigenvalue weighted by atomic mass is 10.1. The van der Waals surface area contributed by atoms with E-state index in [2.05, 4.69) is 26.0 Å². The summed E-state index contributed by atoms with van der Waals surface area (Å²) in [7, 11) is 0. The number of nitro groups is 1. The second-order valence-corrected chi connectivity index (χ2v) is 6.25. The van der Waals surface area contributed by atoms with Gasteiger partial charge in [-0.25, -0.2) is 0 Å². The molecule has 1 unspecified atom stereocenters. The van der Waals surface area contributed by atoms with Gasteiger partial charge in [-0.3, -0.25) is 10.1 Å². The van der Waals surface area contributed by atoms with Crippen LogP contribution >= 0.6 is 27.5 Å². The highest BCUT2D eigenvalue weighted by Crippen LogP contribution is 2.40. The molecule has 5 nitrogen and oxygen atoms in total. The molecule has 134 valence electrons. The van der Waals surface area contributed by atoms with Crippen LogP contribution in [0.5, 0.6) is 5.75 Å². The summed E-state index contributed by atoms with van der Waals surface area (Å²) in [6.45, 7) is 1.71. The Kier molecular flexibility index (Phi) is 5.79. The first-order valence-corrected chi connectivity index (χ1v) is 8.00. The van der Waals surface area contributed by atoms with E-state index in [0.717, 1.165) is 0 Å². The number of benzene rings is 2. The van der Waals surface area contributed by atoms with Crippen molar-refractivity contribution in [3.05, 3.63) is 61.6 Å². The topological polar surface area (TPSA) is 64.4 Å². The molecule has 0 fully saturated rings. The maximum Gasteiger partial charge on any atom is 0.573 e. The van der Waals surface area contributed by atoms with Crippen molar-refractivity contribution in [3.8, 4) is 5.75 Å². The number of hydrogen-bond donors (Lipinski definition) is 1. The largest absolute Gasteiger partial charge is 0.573 e. The number of alkyl halides is 3. The molecule has 0 spiro atoms. The molecule has 0 radical (unpaired) electrons. The van der Waals surface area contributed by atoms with E-state index in [-0.39, 0.29) is 22.1 Å². The SMILES string of the molecule is CC(Nc1c(Br)ccc(Cl)c1[N+](=O)[O-])c1ccc(OC(F)(F)F)cc1. The number of nitrogens with zero attached hydrogens (tertiary/aromatic N) is 1. The molecule has 0 aliphatic carbocycles. The highest BCUT2D eigenvalue weighted by Gasteiger charge is 2.31. The second-order valence-electron chi connectivity index (χ2n) is 4.99. The normalized spacial score (nSPS) is 12.6. The van der Waals surface area contributed by atoms with Gasteiger partial charge in [-0.1, -0.05) is 23.7 Å². The van der Waals surface area contributed by atoms with Crippen molar-refractivity contribution in [1.29, 1.82) is 0 Å². The van der Waals surface area contributed by atoms with Crippen LogP contribution in [-0.4, -0.2) is 11.3 Å². The summed E-state index contributed by atoms with van der Waals surface area (Å²) in [6.07, 6.45) is -4.77. The Labute approximate surface area is 154 Å². The highest BCUT2D eigenvalue weighted by atomic mass is 79.9. The minimum atomic E-state index is -4.77. The molecule has 2 rings (SSSR count). The molecule has 0 saturated carbocycles. The lowest BCUT2D eigenvalue weighted by Gasteiger charge is -2.18. The van der Waals surface area contributed by atoms with Crippen molar-refractivity contribution < 1.29 is 22.8 Å². The maximum atomic E-state index is 12.2. The van der Waals surface area contributed by atoms with Gasteiger partial charge in [0, 0.05) is 10.5 Å². The lowest BCUT2D eigenvalue weighted by Crippen LogP contribution is -2.17. The van der Waals surface area contributed by atoms with Crippen LogP contribution in [-0.2, 0) is 0 Å². The Morgan fingerprint density at radius 1 is 1.24 bits per heavy atom. The van der Waals surface area contributed by atoms with E-state index in [1.807, 2.05) is 0 Å². The summed E-state index contributed by atoms with van der Waals surface area (Å²) in [5, 5.41) is 14.1. The van der Waals surface area contributed by atoms with Gasteiger partial charge < -0.3 is 10.1 Å². The van der Waals surface area contributed by atoms with Gasteiger partial charge in [0.05, 0.1) is 4.92 Å². The van der Waals surface area contributed by atoms with Crippen molar-refractivity contribution in [2.24, 2.45) is 0 Å². The van der Waals surface area contributed by atoms with Gasteiger partial charge in [-0.15, -0.1) is 13.2 Å². The Morgan fingerprint density at radius 2 is 1.84 bits per heavy atom. The van der Waals surface area contributed by atoms with E-state index in [4.69, 9.17) is 11.6 Å². The van der Waals surface area contributed by atoms with Crippen LogP contribution in [0.4, 0.5) is 24.5 Å². The Bertz CT molecular complexity index is 785. The van der Waals surface area contributed by atoms with Crippen LogP contribution in [0.1, 0.15) is 18.5 Å². The standard InChI is InChI=1S/C15H11BrClF3N2O3/c1-8(9-2-4-10(5-3-9)25-15(18,19)20)21-13-11(16)6-7-12(17)14(13)22(23)24/h2-8,21H,1H3. The quantitative estimate of drug-likeness (QED) is 0.453. The summed E-state index contributed by atoms with van der Waals surface area (Å²) in [6, 6.07) is 7.72. The third kappa shape index (κ3) is 4.99. The fourth-order valence-electron chi connectivity index (χ4n) is 2.11. The monoisotopic (exact) mass is 438 g/mol. The number of nitro benzene ring substituents is 1. The van der Waals surface area contributed by atoms with Gasteiger partial charge in [0.15, 0.2) is 0 Å². The van der Waals surface area contributed by atoms with Crippen LogP contribution < -0.4 is 10.1 Å². The number of halogens is 5. The van der Waals surface area contributed by atoms with E-state index in [1.165, 1.54) is 30.3 Å². The predicted octanol–water partition coefficient (Wildman–Crippen LogP) is 6.08. The molecular formula is C15H11BrClF3N2O3. The van der Waals surface area contributed by atoms with Crippen LogP contribution in [0.15, 0.2) is 40.9 Å². The van der Waals surface area contributed by atoms with Crippen molar-refractivity contribution in [3.63, 3.8) is 0 Å². The highest BCUT2D eigenvalue weighted by molar-refractivity contribution is 9.10. The molecule has 0 aromatic heterocycles. The van der Waals surface area contributed by atoms with E-state index < -0.39 is 17.3 Å². The van der Waals surface area contributed by atoms with Gasteiger partial charge in [0.1, 0.15) is 16.5 Å². The third-order valence-corrected chi connectivity index (χ3v) is 4.20. The van der Waals surface area contributed by atoms with Crippen LogP contribution in [0.25, 0.3) is 0 Å². The van der Waals surface area contributed by atoms with Crippen LogP contribution in [0.3, 0.4) is 0 Å². The predicted molar refractivity (Wildman–Crippen MR) is 91.0 cm³/mol. The lowest BCUT2D eigenvalue weighted by molar-refractivity contribution is -0.383. The number of anilines is 1. The molecule has 0 aliphatic heterocycles. The van der Waals surface area contributed by atoms with Gasteiger partial charge in [-0.05, 0) is 52.7 Å². The van der Waals surface area contributed by atoms with Crippen molar-refractivity contribution in [2.45, 2.75) is 19.3 Å². The number of ether oxygens (including phenoxy) is 1. The first-order chi connectivity index (χ1) is 11.6. The van der Waals surface area contributed by atoms with E-state index >= 15 is 0 Å². The summed E-state index contributed by atoms with van der Waals surface area (Å²) >= 11 is 9.11. The average Bonchev–Trinajstić information content (AvgIpc) is 2.49. The summed E-state index contributed by atoms with van der Waals surface area (Å²) < 4.78 is 40.8. The smallest absolute Gasteiger partial charge is 0.406 e. The molecular weight excluding hydrogens is 429 g/mol. The Balaban J connectivity index is 2.24. The molecule has 25 heavy (non-hydrogen) atoms. The third-order valence-electron chi connectivity index (χ3n) is 3.23. The molecule has 0 saturated heterocycles. The molecule has 1 N–H and O–H groups in total. The molecule has 0 bridgehead atoms. The zero-order valence-corrected chi connectivity index (χ0v) is 14.9. The summed E-state index contributed by atoms with van der Waals surface area (Å²) in [5.41, 5.74) is 0.497. The minimum Gasteiger partial charge on any atom is -0.406 e. The fraction of sp³-hybridized carbons (Fsp3) is 0.200. The van der Waals surface area contributed by atoms with Gasteiger partial charge >= 0.3 is 12.0 Å². The molecule has 2 aromatic carbocycles. The Morgan fingerprint density at radius 3 is 2.36 bits per heavy atom. The molecule has 0 heterocycles. The second kappa shape index (κ2) is 7.49. The summed E-state index contributed by atoms with van der Waals surface area (Å²) in [4.78, 5) is 10.6. The summed E-state index contributed by atoms with van der Waals surface area (Å²) in [5.74, 6) is -0.349. The first-order valence-electron chi connectivity index (χ1n) is 6.83. The van der Waals surface area contributed by atoms with E-state index in [0.29, 0.717) is 10.0 Å². The van der Waals surface area contributed by atoms with Gasteiger partial charge in [-0.2, -0.15) is 0 Å². The van der Waals surface area contributed by atoms with Crippen molar-refractivity contribution in [2.75, 3.05) is 5.32 Å². The van der Waals surface area contributed by atoms with Crippen molar-refractivity contribution in [1.82, 2.24) is 0 Å². The molecule has 1 atom stereocenters. The molecule has 0 aliphatic rings. The fourth-order valence-corrected chi connectivity index (χ4v) is 2.78. The zero-order valence-electron chi connectivity index (χ0n) is 12.6. The Hall–Kier alpha value is -2.00. The van der Waals surface area contributed by atoms with Gasteiger partial charge in [0.2, 0.25) is 0 Å². The van der Waals surface area contributed by atoms with Crippen LogP contribution in [0.2, 0.25) is 5.02 Å². The molecule has 2 aromatic rings. The van der Waals surface area contributed by atoms with Gasteiger partial charge in [0.25, 0.3) is 0 Å². The zero-order chi connectivity index (χ0) is 18.8. The van der Waals surface area contributed by atoms with Crippen LogP contribution in [0, 0.1) is 10.1 Å². The molecule has 10 heteroatoms.